The third-order valence-electron chi connectivity index (χ3n) is 12.0. The number of hydrogen-bond donors (Lipinski definition) is 2. The molecule has 0 amide bonds. The second-order valence-electron chi connectivity index (χ2n) is 15.2. The smallest absolute Gasteiger partial charge is 0.0861 e. The predicted molar refractivity (Wildman–Crippen MR) is 234 cm³/mol. The number of rotatable bonds is 5. The van der Waals surface area contributed by atoms with E-state index in [4.69, 9.17) is 4.98 Å². The van der Waals surface area contributed by atoms with E-state index >= 15 is 0 Å². The van der Waals surface area contributed by atoms with Crippen LogP contribution in [-0.4, -0.2) is 17.6 Å². The maximum Gasteiger partial charge on any atom is 0.0861 e. The van der Waals surface area contributed by atoms with Gasteiger partial charge in [-0.05, 0) is 160 Å². The van der Waals surface area contributed by atoms with Gasteiger partial charge >= 0.3 is 0 Å². The number of benzene rings is 7. The lowest BCUT2D eigenvalue weighted by molar-refractivity contribution is 0.714. The van der Waals surface area contributed by atoms with Gasteiger partial charge in [-0.25, -0.2) is 0 Å². The summed E-state index contributed by atoms with van der Waals surface area (Å²) in [6, 6.07) is 54.0. The van der Waals surface area contributed by atoms with E-state index in [1.54, 1.807) is 0 Å². The lowest BCUT2D eigenvalue weighted by Gasteiger charge is -2.28. The first-order valence-electron chi connectivity index (χ1n) is 19.4. The summed E-state index contributed by atoms with van der Waals surface area (Å²) in [7, 11) is 0. The Morgan fingerprint density at radius 2 is 1.09 bits per heavy atom. The van der Waals surface area contributed by atoms with E-state index in [1.165, 1.54) is 93.9 Å². The Morgan fingerprint density at radius 1 is 0.500 bits per heavy atom. The van der Waals surface area contributed by atoms with Crippen molar-refractivity contribution in [3.63, 3.8) is 0 Å². The molecule has 2 aliphatic carbocycles. The summed E-state index contributed by atoms with van der Waals surface area (Å²) < 4.78 is 0. The molecule has 7 aromatic carbocycles. The molecule has 3 heterocycles. The van der Waals surface area contributed by atoms with Gasteiger partial charge in [-0.1, -0.05) is 115 Å². The highest BCUT2D eigenvalue weighted by atomic mass is 15.0. The molecule has 0 bridgehead atoms. The molecule has 0 saturated carbocycles. The van der Waals surface area contributed by atoms with E-state index in [0.717, 1.165) is 29.2 Å². The van der Waals surface area contributed by atoms with E-state index in [0.29, 0.717) is 0 Å². The van der Waals surface area contributed by atoms with Crippen molar-refractivity contribution in [1.82, 2.24) is 15.6 Å². The summed E-state index contributed by atoms with van der Waals surface area (Å²) in [6.45, 7) is 0.807. The van der Waals surface area contributed by atoms with Crippen molar-refractivity contribution < 1.29 is 0 Å². The number of nitrogens with zero attached hydrogens (tertiary/aromatic N) is 1. The summed E-state index contributed by atoms with van der Waals surface area (Å²) in [5.74, 6) is 0. The van der Waals surface area contributed by atoms with Gasteiger partial charge in [0.2, 0.25) is 0 Å². The third kappa shape index (κ3) is 4.81. The molecule has 12 rings (SSSR count). The van der Waals surface area contributed by atoms with Crippen molar-refractivity contribution in [3.8, 4) is 66.8 Å². The predicted octanol–water partition coefficient (Wildman–Crippen LogP) is 12.5. The van der Waals surface area contributed by atoms with Crippen molar-refractivity contribution in [3.05, 3.63) is 199 Å². The molecule has 4 aliphatic rings. The van der Waals surface area contributed by atoms with Gasteiger partial charge in [-0.2, -0.15) is 0 Å². The summed E-state index contributed by atoms with van der Waals surface area (Å²) in [4.78, 5) is 4.76. The number of pyridine rings is 1. The molecule has 0 fully saturated rings. The lowest BCUT2D eigenvalue weighted by atomic mass is 9.88. The molecule has 3 nitrogen and oxygen atoms in total. The maximum absolute atomic E-state index is 4.76. The zero-order chi connectivity index (χ0) is 36.7. The Bertz CT molecular complexity index is 2940. The van der Waals surface area contributed by atoms with Gasteiger partial charge in [0.05, 0.1) is 17.4 Å². The number of aromatic nitrogens is 1. The molecule has 0 spiro atoms. The van der Waals surface area contributed by atoms with Crippen molar-refractivity contribution in [1.29, 1.82) is 0 Å². The van der Waals surface area contributed by atoms with E-state index < -0.39 is 0 Å². The Labute approximate surface area is 325 Å². The first-order chi connectivity index (χ1) is 27.7. The number of hydrogen-bond acceptors (Lipinski definition) is 3. The molecule has 262 valence electrons. The molecule has 1 atom stereocenters. The molecule has 2 N–H and O–H groups in total. The lowest BCUT2D eigenvalue weighted by Crippen LogP contribution is -2.37. The fourth-order valence-electron chi connectivity index (χ4n) is 9.41. The van der Waals surface area contributed by atoms with Gasteiger partial charge < -0.3 is 10.6 Å². The van der Waals surface area contributed by atoms with Crippen molar-refractivity contribution in [2.24, 2.45) is 0 Å². The zero-order valence-electron chi connectivity index (χ0n) is 30.6. The minimum absolute atomic E-state index is 0.0398. The zero-order valence-corrected chi connectivity index (χ0v) is 30.6. The number of fused-ring (bicyclic) bond motifs is 6. The number of dihydropyridines is 2. The average Bonchev–Trinajstić information content (AvgIpc) is 3.78. The number of allylic oxidation sites excluding steroid dienone is 4. The van der Waals surface area contributed by atoms with Gasteiger partial charge in [0.25, 0.3) is 0 Å². The van der Waals surface area contributed by atoms with Gasteiger partial charge in [0, 0.05) is 18.4 Å². The molecule has 0 radical (unpaired) electrons. The Hall–Kier alpha value is -7.23. The van der Waals surface area contributed by atoms with Gasteiger partial charge in [0.1, 0.15) is 0 Å². The highest BCUT2D eigenvalue weighted by Gasteiger charge is 2.25. The quantitative estimate of drug-likeness (QED) is 0.186. The van der Waals surface area contributed by atoms with E-state index in [1.807, 2.05) is 12.3 Å². The second-order valence-corrected chi connectivity index (χ2v) is 15.2. The summed E-state index contributed by atoms with van der Waals surface area (Å²) in [6.07, 6.45) is 12.9. The monoisotopic (exact) mass is 713 g/mol. The van der Waals surface area contributed by atoms with Crippen LogP contribution in [0.3, 0.4) is 0 Å². The third-order valence-corrected chi connectivity index (χ3v) is 12.0. The molecule has 1 unspecified atom stereocenters. The topological polar surface area (TPSA) is 37.0 Å². The van der Waals surface area contributed by atoms with E-state index in [9.17, 15) is 0 Å². The van der Waals surface area contributed by atoms with Gasteiger partial charge in [0.15, 0.2) is 0 Å². The highest BCUT2D eigenvalue weighted by molar-refractivity contribution is 6.17. The minimum Gasteiger partial charge on any atom is -0.383 e. The normalized spacial score (nSPS) is 15.8. The minimum atomic E-state index is -0.0398. The molecule has 8 aromatic rings. The SMILES string of the molecule is C1=CCNC(C2C=C(c3cc(-c4ccc5c(c4)-c4cccc6cccc-5c46)cc(-c4ccc5c(c4)-c4cccc6cccc-5c46)c3)C=C(c3ccccn3)N2)=C1. The van der Waals surface area contributed by atoms with E-state index in [2.05, 4.69) is 181 Å². The van der Waals surface area contributed by atoms with Crippen LogP contribution in [0.4, 0.5) is 0 Å². The Kier molecular flexibility index (Phi) is 6.75. The molecule has 3 heteroatoms. The Morgan fingerprint density at radius 3 is 1.64 bits per heavy atom. The Balaban J connectivity index is 1.06. The molecule has 0 saturated heterocycles. The van der Waals surface area contributed by atoms with Crippen molar-refractivity contribution in [2.45, 2.75) is 6.04 Å². The maximum atomic E-state index is 4.76. The fourth-order valence-corrected chi connectivity index (χ4v) is 9.41. The van der Waals surface area contributed by atoms with Crippen LogP contribution in [0.1, 0.15) is 11.3 Å². The van der Waals surface area contributed by atoms with Crippen LogP contribution in [0, 0.1) is 0 Å². The second kappa shape index (κ2) is 12.1. The summed E-state index contributed by atoms with van der Waals surface area (Å²) in [5, 5.41) is 12.7. The number of nitrogens with one attached hydrogen (secondary N) is 2. The molecule has 1 aromatic heterocycles. The van der Waals surface area contributed by atoms with Gasteiger partial charge in [-0.15, -0.1) is 0 Å². The molecular formula is C53H35N3. The van der Waals surface area contributed by atoms with Crippen LogP contribution >= 0.6 is 0 Å². The van der Waals surface area contributed by atoms with Gasteiger partial charge in [-0.3, -0.25) is 4.98 Å². The van der Waals surface area contributed by atoms with Crippen LogP contribution in [0.2, 0.25) is 0 Å². The fraction of sp³-hybridized carbons (Fsp3) is 0.0377. The van der Waals surface area contributed by atoms with E-state index in [-0.39, 0.29) is 6.04 Å². The standard InChI is InChI=1S/C53H35N3/c1-3-23-54-48(17-1)50-30-39(31-51(56-50)49-18-2-4-24-55-49)38-26-36(34-19-21-40-42-13-5-9-32-11-7-15-44(52(32)42)46(40)28-34)25-37(27-38)35-20-22-41-43-14-6-10-33-12-8-16-45(53(33)43)47(41)29-35/h1-23,25-31,51,55-56H,24H2. The van der Waals surface area contributed by atoms with Crippen LogP contribution < -0.4 is 10.6 Å². The first-order valence-corrected chi connectivity index (χ1v) is 19.4. The van der Waals surface area contributed by atoms with Crippen molar-refractivity contribution in [2.75, 3.05) is 6.54 Å². The molecule has 56 heavy (non-hydrogen) atoms. The van der Waals surface area contributed by atoms with Crippen molar-refractivity contribution >= 4 is 32.8 Å². The average molecular weight is 714 g/mol. The first kappa shape index (κ1) is 31.2. The molecular weight excluding hydrogens is 679 g/mol. The largest absolute Gasteiger partial charge is 0.383 e. The molecule has 2 aliphatic heterocycles. The van der Waals surface area contributed by atoms with Crippen LogP contribution in [0.25, 0.3) is 99.6 Å². The van der Waals surface area contributed by atoms with Crippen LogP contribution in [0.5, 0.6) is 0 Å². The highest BCUT2D eigenvalue weighted by Crippen LogP contribution is 2.50. The van der Waals surface area contributed by atoms with Crippen LogP contribution in [0.15, 0.2) is 188 Å². The summed E-state index contributed by atoms with van der Waals surface area (Å²) in [5.41, 5.74) is 20.7. The summed E-state index contributed by atoms with van der Waals surface area (Å²) >= 11 is 0. The van der Waals surface area contributed by atoms with Crippen LogP contribution in [-0.2, 0) is 0 Å².